The van der Waals surface area contributed by atoms with E-state index >= 15 is 0 Å². The first kappa shape index (κ1) is 23.9. The van der Waals surface area contributed by atoms with Crippen molar-refractivity contribution >= 4 is 23.2 Å². The third kappa shape index (κ3) is 2.88. The average molecular weight is 471 g/mol. The molecule has 0 unspecified atom stereocenters. The Morgan fingerprint density at radius 2 is 1.82 bits per heavy atom. The van der Waals surface area contributed by atoms with Crippen LogP contribution in [0.2, 0.25) is 0 Å². The molecular formula is C24H30N4O6. The van der Waals surface area contributed by atoms with Crippen molar-refractivity contribution in [3.8, 4) is 0 Å². The maximum atomic E-state index is 13.7. The number of benzene rings is 1. The first-order chi connectivity index (χ1) is 15.8. The van der Waals surface area contributed by atoms with Crippen LogP contribution in [0.1, 0.15) is 22.3 Å². The number of rotatable bonds is 4. The molecule has 10 nitrogen and oxygen atoms in total. The van der Waals surface area contributed by atoms with E-state index in [0.717, 1.165) is 11.3 Å². The minimum Gasteiger partial charge on any atom is -0.510 e. The third-order valence-corrected chi connectivity index (χ3v) is 7.58. The minimum absolute atomic E-state index is 0.0109. The fraction of sp³-hybridized carbons (Fsp3) is 0.458. The summed E-state index contributed by atoms with van der Waals surface area (Å²) in [5.74, 6) is -5.48. The van der Waals surface area contributed by atoms with Gasteiger partial charge in [-0.2, -0.15) is 0 Å². The lowest BCUT2D eigenvalue weighted by atomic mass is 9.52. The Bertz CT molecular complexity index is 1190. The van der Waals surface area contributed by atoms with Gasteiger partial charge in [0.25, 0.3) is 5.91 Å². The molecule has 182 valence electrons. The van der Waals surface area contributed by atoms with Gasteiger partial charge in [0.05, 0.1) is 6.04 Å². The molecule has 0 aromatic heterocycles. The van der Waals surface area contributed by atoms with Crippen LogP contribution in [-0.4, -0.2) is 84.1 Å². The number of likely N-dealkylation sites (N-methyl/N-ethyl adjacent to an activating group) is 1. The summed E-state index contributed by atoms with van der Waals surface area (Å²) in [6.07, 6.45) is 0.295. The first-order valence-electron chi connectivity index (χ1n) is 11.0. The lowest BCUT2D eigenvalue weighted by molar-refractivity contribution is -0.150. The number of Topliss-reactive ketones (excluding diaryl/α,β-unsaturated/α-hetero) is 2. The van der Waals surface area contributed by atoms with Gasteiger partial charge in [-0.25, -0.2) is 0 Å². The first-order valence-corrected chi connectivity index (χ1v) is 11.0. The second-order valence-electron chi connectivity index (χ2n) is 9.85. The lowest BCUT2D eigenvalue weighted by Gasteiger charge is -2.54. The molecule has 0 heterocycles. The highest BCUT2D eigenvalue weighted by Crippen LogP contribution is 2.57. The number of nitrogens with two attached hydrogens (primary N) is 2. The molecule has 3 aliphatic carbocycles. The summed E-state index contributed by atoms with van der Waals surface area (Å²) in [6.45, 7) is -0.0482. The largest absolute Gasteiger partial charge is 0.510 e. The van der Waals surface area contributed by atoms with E-state index in [1.54, 1.807) is 26.2 Å². The van der Waals surface area contributed by atoms with Crippen LogP contribution in [-0.2, 0) is 16.0 Å². The van der Waals surface area contributed by atoms with Gasteiger partial charge < -0.3 is 31.7 Å². The fourth-order valence-electron chi connectivity index (χ4n) is 6.02. The van der Waals surface area contributed by atoms with E-state index < -0.39 is 57.5 Å². The molecule has 3 aliphatic rings. The molecule has 1 aromatic rings. The minimum atomic E-state index is -2.62. The zero-order valence-corrected chi connectivity index (χ0v) is 19.6. The van der Waals surface area contributed by atoms with Gasteiger partial charge in [0.15, 0.2) is 11.4 Å². The van der Waals surface area contributed by atoms with E-state index in [1.165, 1.54) is 4.90 Å². The molecule has 0 saturated heterocycles. The van der Waals surface area contributed by atoms with Gasteiger partial charge in [-0.15, -0.1) is 0 Å². The predicted octanol–water partition coefficient (Wildman–Crippen LogP) is -0.190. The molecule has 4 rings (SSSR count). The summed E-state index contributed by atoms with van der Waals surface area (Å²) in [4.78, 5) is 42.6. The lowest BCUT2D eigenvalue weighted by Crippen LogP contribution is -2.66. The highest BCUT2D eigenvalue weighted by atomic mass is 16.3. The van der Waals surface area contributed by atoms with Gasteiger partial charge in [-0.05, 0) is 38.6 Å². The average Bonchev–Trinajstić information content (AvgIpc) is 2.75. The number of amides is 1. The topological polar surface area (TPSA) is 170 Å². The summed E-state index contributed by atoms with van der Waals surface area (Å²) < 4.78 is 0. The fourth-order valence-corrected chi connectivity index (χ4v) is 6.02. The van der Waals surface area contributed by atoms with Crippen molar-refractivity contribution in [2.45, 2.75) is 24.5 Å². The number of hydrogen-bond donors (Lipinski definition) is 5. The zero-order chi connectivity index (χ0) is 25.3. The monoisotopic (exact) mass is 470 g/mol. The quantitative estimate of drug-likeness (QED) is 0.374. The molecule has 10 heteroatoms. The van der Waals surface area contributed by atoms with Gasteiger partial charge in [0.1, 0.15) is 17.1 Å². The van der Waals surface area contributed by atoms with Crippen LogP contribution in [0, 0.1) is 11.3 Å². The van der Waals surface area contributed by atoms with Gasteiger partial charge in [0, 0.05) is 48.8 Å². The molecule has 0 aliphatic heterocycles. The van der Waals surface area contributed by atoms with Crippen LogP contribution in [0.5, 0.6) is 0 Å². The molecule has 34 heavy (non-hydrogen) atoms. The predicted molar refractivity (Wildman–Crippen MR) is 124 cm³/mol. The second kappa shape index (κ2) is 7.66. The standard InChI is InChI=1S/C24H30N4O6/c1-27(2)14-7-5-6-11-12(14)8-23(10-25)9-13-17(28(3)4)19(30)15(22(26)33)20(31)24(13,34)21(32)16(23)18(11)29/h5-7,13,17,30,32,34H,8-10,25H2,1-4H3,(H2,26,33)/t13-,17-,23-,24+/m0/s1. The number of aliphatic hydroxyl groups is 3. The third-order valence-electron chi connectivity index (χ3n) is 7.58. The molecule has 0 bridgehead atoms. The summed E-state index contributed by atoms with van der Waals surface area (Å²) >= 11 is 0. The summed E-state index contributed by atoms with van der Waals surface area (Å²) in [7, 11) is 6.92. The molecule has 0 saturated carbocycles. The van der Waals surface area contributed by atoms with Crippen molar-refractivity contribution in [1.82, 2.24) is 4.90 Å². The van der Waals surface area contributed by atoms with Crippen LogP contribution in [0.4, 0.5) is 5.69 Å². The Balaban J connectivity index is 2.04. The maximum Gasteiger partial charge on any atom is 0.255 e. The number of primary amides is 1. The molecule has 0 fully saturated rings. The Morgan fingerprint density at radius 1 is 1.18 bits per heavy atom. The number of ketones is 2. The number of carbonyl (C=O) groups excluding carboxylic acids is 3. The van der Waals surface area contributed by atoms with Gasteiger partial charge >= 0.3 is 0 Å². The molecule has 4 atom stereocenters. The van der Waals surface area contributed by atoms with E-state index in [2.05, 4.69) is 0 Å². The van der Waals surface area contributed by atoms with E-state index in [1.807, 2.05) is 25.1 Å². The number of carbonyl (C=O) groups is 3. The van der Waals surface area contributed by atoms with Crippen molar-refractivity contribution in [2.24, 2.45) is 22.8 Å². The van der Waals surface area contributed by atoms with Crippen LogP contribution in [0.3, 0.4) is 0 Å². The van der Waals surface area contributed by atoms with E-state index in [0.29, 0.717) is 5.56 Å². The normalized spacial score (nSPS) is 30.8. The molecule has 0 radical (unpaired) electrons. The summed E-state index contributed by atoms with van der Waals surface area (Å²) in [5.41, 5.74) is 8.89. The number of nitrogens with zero attached hydrogens (tertiary/aromatic N) is 2. The Hall–Kier alpha value is -3.21. The Morgan fingerprint density at radius 3 is 2.35 bits per heavy atom. The van der Waals surface area contributed by atoms with Gasteiger partial charge in [-0.3, -0.25) is 19.3 Å². The summed E-state index contributed by atoms with van der Waals surface area (Å²) in [6, 6.07) is 4.20. The van der Waals surface area contributed by atoms with Gasteiger partial charge in [-0.1, -0.05) is 12.1 Å². The number of hydrogen-bond acceptors (Lipinski definition) is 9. The van der Waals surface area contributed by atoms with Crippen molar-refractivity contribution in [3.05, 3.63) is 52.0 Å². The highest BCUT2D eigenvalue weighted by Gasteiger charge is 2.66. The molecule has 1 amide bonds. The molecule has 7 N–H and O–H groups in total. The zero-order valence-electron chi connectivity index (χ0n) is 19.6. The van der Waals surface area contributed by atoms with Crippen LogP contribution < -0.4 is 16.4 Å². The molecular weight excluding hydrogens is 440 g/mol. The Kier molecular flexibility index (Phi) is 5.39. The van der Waals surface area contributed by atoms with E-state index in [-0.39, 0.29) is 25.0 Å². The van der Waals surface area contributed by atoms with E-state index in [9.17, 15) is 29.7 Å². The number of fused-ring (bicyclic) bond motifs is 3. The van der Waals surface area contributed by atoms with Crippen molar-refractivity contribution in [3.63, 3.8) is 0 Å². The number of aliphatic hydroxyl groups excluding tert-OH is 2. The van der Waals surface area contributed by atoms with Crippen LogP contribution in [0.25, 0.3) is 0 Å². The van der Waals surface area contributed by atoms with Crippen LogP contribution in [0.15, 0.2) is 40.9 Å². The van der Waals surface area contributed by atoms with Crippen molar-refractivity contribution < 1.29 is 29.7 Å². The van der Waals surface area contributed by atoms with Gasteiger partial charge in [0.2, 0.25) is 5.78 Å². The van der Waals surface area contributed by atoms with Crippen molar-refractivity contribution in [2.75, 3.05) is 39.6 Å². The SMILES string of the molecule is CN(C)c1cccc2c1C[C@@]1(CN)C[C@H]3[C@H](N(C)C)C(O)=C(C(N)=O)C(=O)[C@@]3(O)C(O)=C1C2=O. The highest BCUT2D eigenvalue weighted by molar-refractivity contribution is 6.24. The van der Waals surface area contributed by atoms with Crippen molar-refractivity contribution in [1.29, 1.82) is 0 Å². The van der Waals surface area contributed by atoms with E-state index in [4.69, 9.17) is 11.5 Å². The summed E-state index contributed by atoms with van der Waals surface area (Å²) in [5, 5.41) is 34.0. The molecule has 0 spiro atoms. The second-order valence-corrected chi connectivity index (χ2v) is 9.85. The molecule has 1 aromatic carbocycles. The smallest absolute Gasteiger partial charge is 0.255 e. The Labute approximate surface area is 197 Å². The maximum absolute atomic E-state index is 13.7. The number of anilines is 1. The van der Waals surface area contributed by atoms with Crippen LogP contribution >= 0.6 is 0 Å².